The number of hydrogen-bond donors (Lipinski definition) is 2. The summed E-state index contributed by atoms with van der Waals surface area (Å²) < 4.78 is 15.2. The molecule has 2 rings (SSSR count). The summed E-state index contributed by atoms with van der Waals surface area (Å²) in [6.45, 7) is 2.89. The largest absolute Gasteiger partial charge is 0.495 e. The van der Waals surface area contributed by atoms with Gasteiger partial charge in [-0.3, -0.25) is 9.59 Å². The Hall–Kier alpha value is -3.29. The first-order chi connectivity index (χ1) is 12.4. The Morgan fingerprint density at radius 1 is 1.08 bits per heavy atom. The number of methoxy groups -OCH3 is 1. The first-order valence-corrected chi connectivity index (χ1v) is 7.91. The van der Waals surface area contributed by atoms with E-state index in [1.54, 1.807) is 30.3 Å². The summed E-state index contributed by atoms with van der Waals surface area (Å²) in [7, 11) is 1.48. The molecular weight excluding hydrogens is 340 g/mol. The molecule has 0 aliphatic rings. The molecule has 2 atom stereocenters. The van der Waals surface area contributed by atoms with Crippen molar-refractivity contribution in [1.82, 2.24) is 5.32 Å². The molecule has 8 nitrogen and oxygen atoms in total. The van der Waals surface area contributed by atoms with Gasteiger partial charge in [0.1, 0.15) is 11.8 Å². The van der Waals surface area contributed by atoms with E-state index in [-0.39, 0.29) is 5.76 Å². The smallest absolute Gasteiger partial charge is 0.329 e. The molecule has 138 valence electrons. The quantitative estimate of drug-likeness (QED) is 0.731. The predicted octanol–water partition coefficient (Wildman–Crippen LogP) is 1.98. The van der Waals surface area contributed by atoms with Crippen molar-refractivity contribution in [2.24, 2.45) is 0 Å². The summed E-state index contributed by atoms with van der Waals surface area (Å²) in [5.74, 6) is -1.25. The van der Waals surface area contributed by atoms with Crippen molar-refractivity contribution in [2.75, 3.05) is 12.4 Å². The van der Waals surface area contributed by atoms with Crippen LogP contribution in [0.4, 0.5) is 5.69 Å². The average molecular weight is 360 g/mol. The van der Waals surface area contributed by atoms with Crippen LogP contribution in [0.2, 0.25) is 0 Å². The molecule has 0 aliphatic carbocycles. The van der Waals surface area contributed by atoms with E-state index in [9.17, 15) is 14.4 Å². The summed E-state index contributed by atoms with van der Waals surface area (Å²) in [5.41, 5.74) is 0.460. The lowest BCUT2D eigenvalue weighted by Crippen LogP contribution is -2.42. The molecule has 1 aromatic carbocycles. The lowest BCUT2D eigenvalue weighted by molar-refractivity contribution is -0.154. The van der Waals surface area contributed by atoms with Crippen molar-refractivity contribution < 1.29 is 28.3 Å². The number of esters is 1. The maximum absolute atomic E-state index is 12.2. The second-order valence-corrected chi connectivity index (χ2v) is 5.44. The molecule has 0 fully saturated rings. The second-order valence-electron chi connectivity index (χ2n) is 5.44. The molecule has 8 heteroatoms. The molecule has 0 spiro atoms. The summed E-state index contributed by atoms with van der Waals surface area (Å²) in [6, 6.07) is 8.94. The molecule has 0 saturated carbocycles. The molecule has 0 unspecified atom stereocenters. The zero-order valence-electron chi connectivity index (χ0n) is 14.6. The number of amides is 2. The van der Waals surface area contributed by atoms with Crippen molar-refractivity contribution >= 4 is 23.5 Å². The van der Waals surface area contributed by atoms with Gasteiger partial charge in [0.15, 0.2) is 11.9 Å². The highest BCUT2D eigenvalue weighted by Crippen LogP contribution is 2.23. The fourth-order valence-corrected chi connectivity index (χ4v) is 2.05. The Balaban J connectivity index is 1.89. The van der Waals surface area contributed by atoms with E-state index >= 15 is 0 Å². The van der Waals surface area contributed by atoms with Crippen LogP contribution in [0, 0.1) is 0 Å². The Kier molecular flexibility index (Phi) is 6.37. The number of carbonyl (C=O) groups is 3. The minimum absolute atomic E-state index is 0.0756. The SMILES string of the molecule is COc1ccccc1NC(=O)[C@@H](C)OC(=O)[C@H](C)NC(=O)c1ccco1. The maximum Gasteiger partial charge on any atom is 0.329 e. The molecule has 0 aliphatic heterocycles. The third-order valence-corrected chi connectivity index (χ3v) is 3.47. The highest BCUT2D eigenvalue weighted by molar-refractivity contribution is 5.97. The second kappa shape index (κ2) is 8.70. The third kappa shape index (κ3) is 4.85. The van der Waals surface area contributed by atoms with Gasteiger partial charge in [0.25, 0.3) is 11.8 Å². The van der Waals surface area contributed by atoms with Crippen LogP contribution in [0.1, 0.15) is 24.4 Å². The molecule has 2 N–H and O–H groups in total. The van der Waals surface area contributed by atoms with Crippen LogP contribution in [-0.2, 0) is 14.3 Å². The molecule has 1 heterocycles. The molecule has 26 heavy (non-hydrogen) atoms. The van der Waals surface area contributed by atoms with Crippen LogP contribution in [-0.4, -0.2) is 37.0 Å². The van der Waals surface area contributed by atoms with Crippen molar-refractivity contribution in [3.05, 3.63) is 48.4 Å². The fourth-order valence-electron chi connectivity index (χ4n) is 2.05. The number of ether oxygens (including phenoxy) is 2. The summed E-state index contributed by atoms with van der Waals surface area (Å²) in [4.78, 5) is 36.1. The molecule has 0 bridgehead atoms. The lowest BCUT2D eigenvalue weighted by atomic mass is 10.2. The van der Waals surface area contributed by atoms with Crippen LogP contribution < -0.4 is 15.4 Å². The Labute approximate surface area is 150 Å². The van der Waals surface area contributed by atoms with Gasteiger partial charge in [-0.25, -0.2) is 4.79 Å². The molecule has 0 radical (unpaired) electrons. The fraction of sp³-hybridized carbons (Fsp3) is 0.278. The van der Waals surface area contributed by atoms with Crippen molar-refractivity contribution in [2.45, 2.75) is 26.0 Å². The van der Waals surface area contributed by atoms with Crippen LogP contribution in [0.5, 0.6) is 5.75 Å². The molecular formula is C18H20N2O6. The van der Waals surface area contributed by atoms with E-state index in [1.807, 2.05) is 0 Å². The number of nitrogens with one attached hydrogen (secondary N) is 2. The van der Waals surface area contributed by atoms with Crippen molar-refractivity contribution in [3.8, 4) is 5.75 Å². The standard InChI is InChI=1S/C18H20N2O6/c1-11(19-17(22)15-9-6-10-25-15)18(23)26-12(2)16(21)20-13-7-4-5-8-14(13)24-3/h4-12H,1-3H3,(H,19,22)(H,20,21)/t11-,12+/m0/s1. The summed E-state index contributed by atoms with van der Waals surface area (Å²) in [5, 5.41) is 5.06. The van der Waals surface area contributed by atoms with Crippen LogP contribution >= 0.6 is 0 Å². The topological polar surface area (TPSA) is 107 Å². The van der Waals surface area contributed by atoms with E-state index in [1.165, 1.54) is 33.3 Å². The number of benzene rings is 1. The minimum atomic E-state index is -1.06. The van der Waals surface area contributed by atoms with Gasteiger partial charge in [-0.05, 0) is 38.1 Å². The molecule has 2 amide bonds. The monoisotopic (exact) mass is 360 g/mol. The number of para-hydroxylation sites is 2. The predicted molar refractivity (Wildman–Crippen MR) is 92.8 cm³/mol. The zero-order chi connectivity index (χ0) is 19.1. The number of rotatable bonds is 7. The molecule has 2 aromatic rings. The van der Waals surface area contributed by atoms with Gasteiger partial charge in [-0.15, -0.1) is 0 Å². The van der Waals surface area contributed by atoms with Gasteiger partial charge in [0.05, 0.1) is 19.1 Å². The number of anilines is 1. The first-order valence-electron chi connectivity index (χ1n) is 7.91. The Morgan fingerprint density at radius 2 is 1.81 bits per heavy atom. The first kappa shape index (κ1) is 19.0. The molecule has 0 saturated heterocycles. The van der Waals surface area contributed by atoms with Crippen LogP contribution in [0.3, 0.4) is 0 Å². The van der Waals surface area contributed by atoms with Gasteiger partial charge < -0.3 is 24.5 Å². The van der Waals surface area contributed by atoms with Crippen molar-refractivity contribution in [3.63, 3.8) is 0 Å². The van der Waals surface area contributed by atoms with E-state index in [4.69, 9.17) is 13.9 Å². The number of carbonyl (C=O) groups excluding carboxylic acids is 3. The lowest BCUT2D eigenvalue weighted by Gasteiger charge is -2.18. The van der Waals surface area contributed by atoms with E-state index in [0.29, 0.717) is 11.4 Å². The van der Waals surface area contributed by atoms with E-state index in [0.717, 1.165) is 0 Å². The molecule has 1 aromatic heterocycles. The van der Waals surface area contributed by atoms with Gasteiger partial charge in [0.2, 0.25) is 0 Å². The van der Waals surface area contributed by atoms with Gasteiger partial charge >= 0.3 is 5.97 Å². The Morgan fingerprint density at radius 3 is 2.46 bits per heavy atom. The maximum atomic E-state index is 12.2. The highest BCUT2D eigenvalue weighted by Gasteiger charge is 2.24. The number of hydrogen-bond acceptors (Lipinski definition) is 6. The van der Waals surface area contributed by atoms with Gasteiger partial charge in [-0.1, -0.05) is 12.1 Å². The van der Waals surface area contributed by atoms with Crippen LogP contribution in [0.25, 0.3) is 0 Å². The zero-order valence-corrected chi connectivity index (χ0v) is 14.6. The summed E-state index contributed by atoms with van der Waals surface area (Å²) in [6.07, 6.45) is 0.290. The van der Waals surface area contributed by atoms with Gasteiger partial charge in [0, 0.05) is 0 Å². The van der Waals surface area contributed by atoms with E-state index < -0.39 is 29.9 Å². The van der Waals surface area contributed by atoms with Crippen molar-refractivity contribution in [1.29, 1.82) is 0 Å². The highest BCUT2D eigenvalue weighted by atomic mass is 16.5. The normalized spacial score (nSPS) is 12.6. The van der Waals surface area contributed by atoms with E-state index in [2.05, 4.69) is 10.6 Å². The number of furan rings is 1. The van der Waals surface area contributed by atoms with Crippen LogP contribution in [0.15, 0.2) is 47.1 Å². The Bertz CT molecular complexity index is 772. The average Bonchev–Trinajstić information content (AvgIpc) is 3.16. The van der Waals surface area contributed by atoms with Gasteiger partial charge in [-0.2, -0.15) is 0 Å². The summed E-state index contributed by atoms with van der Waals surface area (Å²) >= 11 is 0. The third-order valence-electron chi connectivity index (χ3n) is 3.47. The minimum Gasteiger partial charge on any atom is -0.495 e.